The van der Waals surface area contributed by atoms with Gasteiger partial charge in [-0.1, -0.05) is 48.0 Å². The maximum Gasteiger partial charge on any atom is 0.254 e. The van der Waals surface area contributed by atoms with E-state index in [0.29, 0.717) is 6.54 Å². The molecule has 4 heteroatoms. The lowest BCUT2D eigenvalue weighted by molar-refractivity contribution is -0.126. The number of aryl methyl sites for hydroxylation is 2. The lowest BCUT2D eigenvalue weighted by Crippen LogP contribution is -2.37. The molecule has 1 heterocycles. The quantitative estimate of drug-likeness (QED) is 0.940. The van der Waals surface area contributed by atoms with Gasteiger partial charge in [-0.15, -0.1) is 0 Å². The number of benzene rings is 2. The third-order valence-corrected chi connectivity index (χ3v) is 4.38. The Morgan fingerprint density at radius 2 is 1.88 bits per heavy atom. The molecule has 2 aromatic carbocycles. The third-order valence-electron chi connectivity index (χ3n) is 4.38. The van der Waals surface area contributed by atoms with E-state index in [1.165, 1.54) is 12.5 Å². The second-order valence-electron chi connectivity index (χ2n) is 6.38. The summed E-state index contributed by atoms with van der Waals surface area (Å²) in [6.07, 6.45) is 0.784. The Hall–Kier alpha value is -2.62. The highest BCUT2D eigenvalue weighted by Crippen LogP contribution is 2.39. The zero-order valence-electron chi connectivity index (χ0n) is 14.3. The fraction of sp³-hybridized carbons (Fsp3) is 0.300. The minimum atomic E-state index is -0.577. The summed E-state index contributed by atoms with van der Waals surface area (Å²) in [5, 5.41) is 2.80. The van der Waals surface area contributed by atoms with E-state index in [1.807, 2.05) is 43.0 Å². The molecule has 1 aliphatic rings. The van der Waals surface area contributed by atoms with Crippen molar-refractivity contribution in [1.82, 2.24) is 5.32 Å². The van der Waals surface area contributed by atoms with Crippen LogP contribution in [0.15, 0.2) is 42.5 Å². The van der Waals surface area contributed by atoms with Crippen LogP contribution in [0.5, 0.6) is 0 Å². The first-order chi connectivity index (χ1) is 11.5. The first-order valence-corrected chi connectivity index (χ1v) is 8.21. The van der Waals surface area contributed by atoms with Gasteiger partial charge in [0, 0.05) is 19.0 Å². The average molecular weight is 322 g/mol. The Morgan fingerprint density at radius 1 is 1.17 bits per heavy atom. The Kier molecular flexibility index (Phi) is 4.38. The molecule has 24 heavy (non-hydrogen) atoms. The van der Waals surface area contributed by atoms with E-state index in [0.717, 1.165) is 28.8 Å². The number of nitrogens with zero attached hydrogens (tertiary/aromatic N) is 1. The summed E-state index contributed by atoms with van der Waals surface area (Å²) in [6.45, 7) is 6.08. The van der Waals surface area contributed by atoms with Gasteiger partial charge in [-0.2, -0.15) is 0 Å². The van der Waals surface area contributed by atoms with Crippen molar-refractivity contribution in [3.05, 3.63) is 64.7 Å². The minimum absolute atomic E-state index is 0.0511. The van der Waals surface area contributed by atoms with Crippen LogP contribution >= 0.6 is 0 Å². The highest BCUT2D eigenvalue weighted by molar-refractivity contribution is 6.07. The van der Waals surface area contributed by atoms with Crippen LogP contribution in [0.25, 0.3) is 0 Å². The molecular formula is C20H22N2O2. The number of rotatable bonds is 4. The molecule has 3 rings (SSSR count). The molecule has 0 spiro atoms. The molecule has 0 saturated heterocycles. The minimum Gasteiger partial charge on any atom is -0.341 e. The maximum absolute atomic E-state index is 12.9. The lowest BCUT2D eigenvalue weighted by Gasteiger charge is -2.20. The SMILES string of the molecule is CC(=O)NC1C(=O)N(CCc2ccccc2)c2c(C)cc(C)cc21. The molecule has 1 aliphatic heterocycles. The van der Waals surface area contributed by atoms with Crippen molar-refractivity contribution in [1.29, 1.82) is 0 Å². The van der Waals surface area contributed by atoms with Gasteiger partial charge >= 0.3 is 0 Å². The van der Waals surface area contributed by atoms with E-state index in [9.17, 15) is 9.59 Å². The largest absolute Gasteiger partial charge is 0.341 e. The normalized spacial score (nSPS) is 16.2. The first-order valence-electron chi connectivity index (χ1n) is 8.21. The van der Waals surface area contributed by atoms with Crippen molar-refractivity contribution in [2.45, 2.75) is 33.2 Å². The van der Waals surface area contributed by atoms with E-state index in [2.05, 4.69) is 23.5 Å². The second kappa shape index (κ2) is 6.48. The zero-order chi connectivity index (χ0) is 17.3. The van der Waals surface area contributed by atoms with Gasteiger partial charge in [0.1, 0.15) is 6.04 Å². The molecule has 0 saturated carbocycles. The number of fused-ring (bicyclic) bond motifs is 1. The van der Waals surface area contributed by atoms with E-state index < -0.39 is 6.04 Å². The molecule has 2 amide bonds. The van der Waals surface area contributed by atoms with Gasteiger partial charge in [0.25, 0.3) is 5.91 Å². The van der Waals surface area contributed by atoms with Crippen molar-refractivity contribution in [2.24, 2.45) is 0 Å². The summed E-state index contributed by atoms with van der Waals surface area (Å²) in [5.74, 6) is -0.242. The topological polar surface area (TPSA) is 49.4 Å². The van der Waals surface area contributed by atoms with Crippen LogP contribution in [-0.4, -0.2) is 18.4 Å². The fourth-order valence-corrected chi connectivity index (χ4v) is 3.43. The number of nitrogens with one attached hydrogen (secondary N) is 1. The highest BCUT2D eigenvalue weighted by atomic mass is 16.2. The molecule has 1 unspecified atom stereocenters. The smallest absolute Gasteiger partial charge is 0.254 e. The Labute approximate surface area is 142 Å². The summed E-state index contributed by atoms with van der Waals surface area (Å²) in [6, 6.07) is 13.6. The Bertz CT molecular complexity index is 784. The zero-order valence-corrected chi connectivity index (χ0v) is 14.3. The molecule has 0 bridgehead atoms. The molecule has 1 atom stereocenters. The third kappa shape index (κ3) is 3.04. The van der Waals surface area contributed by atoms with Crippen LogP contribution in [0.1, 0.15) is 35.2 Å². The van der Waals surface area contributed by atoms with E-state index in [4.69, 9.17) is 0 Å². The molecule has 4 nitrogen and oxygen atoms in total. The van der Waals surface area contributed by atoms with E-state index in [1.54, 1.807) is 0 Å². The summed E-state index contributed by atoms with van der Waals surface area (Å²) in [7, 11) is 0. The van der Waals surface area contributed by atoms with Crippen molar-refractivity contribution in [3.8, 4) is 0 Å². The predicted octanol–water partition coefficient (Wildman–Crippen LogP) is 3.07. The number of hydrogen-bond acceptors (Lipinski definition) is 2. The Morgan fingerprint density at radius 3 is 2.54 bits per heavy atom. The number of anilines is 1. The highest BCUT2D eigenvalue weighted by Gasteiger charge is 2.38. The van der Waals surface area contributed by atoms with Crippen LogP contribution in [0.4, 0.5) is 5.69 Å². The molecule has 2 aromatic rings. The van der Waals surface area contributed by atoms with Gasteiger partial charge in [-0.3, -0.25) is 9.59 Å². The number of carbonyl (C=O) groups is 2. The van der Waals surface area contributed by atoms with Crippen LogP contribution in [0, 0.1) is 13.8 Å². The van der Waals surface area contributed by atoms with Gasteiger partial charge in [-0.05, 0) is 31.4 Å². The Balaban J connectivity index is 1.93. The second-order valence-corrected chi connectivity index (χ2v) is 6.38. The van der Waals surface area contributed by atoms with Crippen LogP contribution in [0.2, 0.25) is 0 Å². The van der Waals surface area contributed by atoms with Gasteiger partial charge in [-0.25, -0.2) is 0 Å². The van der Waals surface area contributed by atoms with Crippen molar-refractivity contribution in [3.63, 3.8) is 0 Å². The summed E-state index contributed by atoms with van der Waals surface area (Å²) in [5.41, 5.74) is 5.21. The van der Waals surface area contributed by atoms with Crippen molar-refractivity contribution in [2.75, 3.05) is 11.4 Å². The predicted molar refractivity (Wildman–Crippen MR) is 95.0 cm³/mol. The monoisotopic (exact) mass is 322 g/mol. The van der Waals surface area contributed by atoms with Gasteiger partial charge < -0.3 is 10.2 Å². The standard InChI is InChI=1S/C20H22N2O2/c1-13-11-14(2)19-17(12-13)18(21-15(3)23)20(24)22(19)10-9-16-7-5-4-6-8-16/h4-8,11-12,18H,9-10H2,1-3H3,(H,21,23). The van der Waals surface area contributed by atoms with Crippen LogP contribution in [-0.2, 0) is 16.0 Å². The number of amides is 2. The molecule has 0 aromatic heterocycles. The molecule has 1 N–H and O–H groups in total. The number of carbonyl (C=O) groups excluding carboxylic acids is 2. The lowest BCUT2D eigenvalue weighted by atomic mass is 10.0. The summed E-state index contributed by atoms with van der Waals surface area (Å²) >= 11 is 0. The average Bonchev–Trinajstić information content (AvgIpc) is 2.79. The maximum atomic E-state index is 12.9. The summed E-state index contributed by atoms with van der Waals surface area (Å²) < 4.78 is 0. The molecule has 0 radical (unpaired) electrons. The van der Waals surface area contributed by atoms with Gasteiger partial charge in [0.2, 0.25) is 5.91 Å². The first kappa shape index (κ1) is 16.2. The summed E-state index contributed by atoms with van der Waals surface area (Å²) in [4.78, 5) is 26.2. The van der Waals surface area contributed by atoms with E-state index in [-0.39, 0.29) is 11.8 Å². The van der Waals surface area contributed by atoms with Crippen molar-refractivity contribution < 1.29 is 9.59 Å². The number of hydrogen-bond donors (Lipinski definition) is 1. The van der Waals surface area contributed by atoms with Gasteiger partial charge in [0.15, 0.2) is 0 Å². The molecule has 0 aliphatic carbocycles. The molecular weight excluding hydrogens is 300 g/mol. The van der Waals surface area contributed by atoms with Crippen molar-refractivity contribution >= 4 is 17.5 Å². The van der Waals surface area contributed by atoms with Crippen LogP contribution < -0.4 is 10.2 Å². The fourth-order valence-electron chi connectivity index (χ4n) is 3.43. The van der Waals surface area contributed by atoms with E-state index >= 15 is 0 Å². The molecule has 124 valence electrons. The molecule has 0 fully saturated rings. The van der Waals surface area contributed by atoms with Gasteiger partial charge in [0.05, 0.1) is 5.69 Å². The van der Waals surface area contributed by atoms with Crippen LogP contribution in [0.3, 0.4) is 0 Å².